The van der Waals surface area contributed by atoms with E-state index in [2.05, 4.69) is 66.6 Å². The Kier molecular flexibility index (Phi) is 10.0. The molecule has 3 aromatic carbocycles. The summed E-state index contributed by atoms with van der Waals surface area (Å²) in [5.74, 6) is 2.68. The molecule has 0 aliphatic rings. The second kappa shape index (κ2) is 13.7. The third-order valence-electron chi connectivity index (χ3n) is 6.75. The number of hydrogen-bond donors (Lipinski definition) is 0. The highest BCUT2D eigenvalue weighted by Crippen LogP contribution is 2.29. The Balaban J connectivity index is 1.49. The van der Waals surface area contributed by atoms with Crippen LogP contribution in [0, 0.1) is 0 Å². The van der Waals surface area contributed by atoms with Gasteiger partial charge in [-0.25, -0.2) is 4.98 Å². The van der Waals surface area contributed by atoms with Crippen LogP contribution in [0.2, 0.25) is 5.02 Å². The lowest BCUT2D eigenvalue weighted by atomic mass is 10.1. The molecule has 0 fully saturated rings. The van der Waals surface area contributed by atoms with Crippen LogP contribution in [0.4, 0.5) is 0 Å². The Morgan fingerprint density at radius 3 is 2.18 bits per heavy atom. The fourth-order valence-electron chi connectivity index (χ4n) is 4.41. The average Bonchev–Trinajstić information content (AvgIpc) is 3.29. The van der Waals surface area contributed by atoms with Crippen molar-refractivity contribution in [1.29, 1.82) is 0 Å². The summed E-state index contributed by atoms with van der Waals surface area (Å²) in [6, 6.07) is 22.3. The highest BCUT2D eigenvalue weighted by molar-refractivity contribution is 6.30. The van der Waals surface area contributed by atoms with Gasteiger partial charge in [-0.1, -0.05) is 37.6 Å². The van der Waals surface area contributed by atoms with Gasteiger partial charge in [-0.05, 0) is 81.3 Å². The number of imidazole rings is 1. The molecule has 0 aliphatic heterocycles. The number of benzene rings is 3. The number of rotatable bonds is 14. The fraction of sp³-hybridized carbons (Fsp3) is 0.387. The highest BCUT2D eigenvalue weighted by atomic mass is 35.5. The largest absolute Gasteiger partial charge is 0.493 e. The minimum atomic E-state index is 0.610. The molecular weight excluding hydrogens is 496 g/mol. The number of fused-ring (bicyclic) bond motifs is 1. The van der Waals surface area contributed by atoms with E-state index in [4.69, 9.17) is 26.1 Å². The van der Waals surface area contributed by atoms with Crippen LogP contribution in [0.15, 0.2) is 66.7 Å². The molecule has 0 unspecified atom stereocenters. The van der Waals surface area contributed by atoms with Crippen molar-refractivity contribution >= 4 is 22.6 Å². The van der Waals surface area contributed by atoms with Crippen molar-refractivity contribution in [2.24, 2.45) is 0 Å². The Bertz CT molecular complexity index is 1280. The molecule has 0 amide bonds. The summed E-state index contributed by atoms with van der Waals surface area (Å²) in [5.41, 5.74) is 4.33. The Labute approximate surface area is 231 Å². The van der Waals surface area contributed by atoms with E-state index in [9.17, 15) is 0 Å². The zero-order valence-electron chi connectivity index (χ0n) is 23.0. The van der Waals surface area contributed by atoms with Crippen LogP contribution in [0.1, 0.15) is 19.4 Å². The van der Waals surface area contributed by atoms with Crippen LogP contribution in [-0.4, -0.2) is 72.8 Å². The van der Waals surface area contributed by atoms with E-state index in [1.165, 1.54) is 5.56 Å². The third kappa shape index (κ3) is 7.50. The van der Waals surface area contributed by atoms with Crippen molar-refractivity contribution in [3.05, 3.63) is 77.3 Å². The standard InChI is InChI=1S/C31H39ClN4O2/c1-5-35(6-2)20-22-38-28-15-16-29-30(23-28)36(19-18-34(3)4)31(33-29)25-9-13-27(14-10-25)37-21-17-24-7-11-26(32)12-8-24/h7-16,23H,5-6,17-22H2,1-4H3. The normalized spacial score (nSPS) is 11.6. The van der Waals surface area contributed by atoms with Crippen molar-refractivity contribution in [3.63, 3.8) is 0 Å². The summed E-state index contributed by atoms with van der Waals surface area (Å²) >= 11 is 5.98. The van der Waals surface area contributed by atoms with E-state index < -0.39 is 0 Å². The fourth-order valence-corrected chi connectivity index (χ4v) is 4.54. The molecule has 0 saturated carbocycles. The van der Waals surface area contributed by atoms with E-state index in [1.54, 1.807) is 0 Å². The monoisotopic (exact) mass is 534 g/mol. The van der Waals surface area contributed by atoms with Gasteiger partial charge in [0.25, 0.3) is 0 Å². The molecule has 7 heteroatoms. The van der Waals surface area contributed by atoms with Crippen molar-refractivity contribution in [1.82, 2.24) is 19.4 Å². The summed E-state index contributed by atoms with van der Waals surface area (Å²) in [6.07, 6.45) is 0.832. The molecule has 0 radical (unpaired) electrons. The minimum Gasteiger partial charge on any atom is -0.493 e. The van der Waals surface area contributed by atoms with Crippen LogP contribution in [-0.2, 0) is 13.0 Å². The van der Waals surface area contributed by atoms with Gasteiger partial charge >= 0.3 is 0 Å². The van der Waals surface area contributed by atoms with E-state index in [0.29, 0.717) is 13.2 Å². The summed E-state index contributed by atoms with van der Waals surface area (Å²) in [6.45, 7) is 10.4. The number of halogens is 1. The lowest BCUT2D eigenvalue weighted by Crippen LogP contribution is -2.27. The maximum absolute atomic E-state index is 6.12. The Hall–Kier alpha value is -3.06. The molecule has 0 bridgehead atoms. The molecule has 4 aromatic rings. The van der Waals surface area contributed by atoms with E-state index >= 15 is 0 Å². The maximum Gasteiger partial charge on any atom is 0.141 e. The molecule has 38 heavy (non-hydrogen) atoms. The first-order chi connectivity index (χ1) is 18.5. The SMILES string of the molecule is CCN(CC)CCOc1ccc2nc(-c3ccc(OCCc4ccc(Cl)cc4)cc3)n(CCN(C)C)c2c1. The van der Waals surface area contributed by atoms with Gasteiger partial charge in [0.1, 0.15) is 23.9 Å². The predicted molar refractivity (Wildman–Crippen MR) is 158 cm³/mol. The van der Waals surface area contributed by atoms with Gasteiger partial charge in [-0.2, -0.15) is 0 Å². The molecule has 0 saturated heterocycles. The van der Waals surface area contributed by atoms with Gasteiger partial charge in [0.05, 0.1) is 17.6 Å². The summed E-state index contributed by atoms with van der Waals surface area (Å²) < 4.78 is 14.4. The first-order valence-electron chi connectivity index (χ1n) is 13.4. The molecule has 0 spiro atoms. The Morgan fingerprint density at radius 2 is 1.50 bits per heavy atom. The van der Waals surface area contributed by atoms with Crippen molar-refractivity contribution in [2.45, 2.75) is 26.8 Å². The lowest BCUT2D eigenvalue weighted by molar-refractivity contribution is 0.223. The quantitative estimate of drug-likeness (QED) is 0.191. The second-order valence-electron chi connectivity index (χ2n) is 9.67. The smallest absolute Gasteiger partial charge is 0.141 e. The molecule has 6 nitrogen and oxygen atoms in total. The van der Waals surface area contributed by atoms with Gasteiger partial charge in [-0.3, -0.25) is 0 Å². The van der Waals surface area contributed by atoms with Crippen LogP contribution in [0.3, 0.4) is 0 Å². The first-order valence-corrected chi connectivity index (χ1v) is 13.8. The van der Waals surface area contributed by atoms with E-state index in [-0.39, 0.29) is 0 Å². The average molecular weight is 535 g/mol. The summed E-state index contributed by atoms with van der Waals surface area (Å²) in [4.78, 5) is 9.56. The molecule has 0 N–H and O–H groups in total. The van der Waals surface area contributed by atoms with E-state index in [0.717, 1.165) is 78.1 Å². The Morgan fingerprint density at radius 1 is 0.816 bits per heavy atom. The van der Waals surface area contributed by atoms with Gasteiger partial charge in [0.15, 0.2) is 0 Å². The van der Waals surface area contributed by atoms with Crippen LogP contribution < -0.4 is 9.47 Å². The second-order valence-corrected chi connectivity index (χ2v) is 10.1. The number of aromatic nitrogens is 2. The van der Waals surface area contributed by atoms with Gasteiger partial charge in [0, 0.05) is 42.7 Å². The maximum atomic E-state index is 6.12. The zero-order valence-corrected chi connectivity index (χ0v) is 23.7. The number of likely N-dealkylation sites (N-methyl/N-ethyl adjacent to an activating group) is 2. The molecule has 1 aromatic heterocycles. The van der Waals surface area contributed by atoms with Gasteiger partial charge in [0.2, 0.25) is 0 Å². The predicted octanol–water partition coefficient (Wildman–Crippen LogP) is 6.26. The van der Waals surface area contributed by atoms with Crippen LogP contribution in [0.5, 0.6) is 11.5 Å². The zero-order chi connectivity index (χ0) is 26.9. The summed E-state index contributed by atoms with van der Waals surface area (Å²) in [7, 11) is 4.19. The number of ether oxygens (including phenoxy) is 2. The lowest BCUT2D eigenvalue weighted by Gasteiger charge is -2.18. The van der Waals surface area contributed by atoms with E-state index in [1.807, 2.05) is 42.5 Å². The third-order valence-corrected chi connectivity index (χ3v) is 7.00. The number of nitrogens with zero attached hydrogens (tertiary/aromatic N) is 4. The van der Waals surface area contributed by atoms with Crippen molar-refractivity contribution < 1.29 is 9.47 Å². The van der Waals surface area contributed by atoms with Crippen molar-refractivity contribution in [3.8, 4) is 22.9 Å². The van der Waals surface area contributed by atoms with Gasteiger partial charge < -0.3 is 23.8 Å². The molecular formula is C31H39ClN4O2. The molecule has 0 atom stereocenters. The minimum absolute atomic E-state index is 0.610. The van der Waals surface area contributed by atoms with Crippen molar-refractivity contribution in [2.75, 3.05) is 53.5 Å². The topological polar surface area (TPSA) is 42.8 Å². The highest BCUT2D eigenvalue weighted by Gasteiger charge is 2.14. The molecule has 4 rings (SSSR count). The van der Waals surface area contributed by atoms with Crippen LogP contribution >= 0.6 is 11.6 Å². The molecule has 202 valence electrons. The van der Waals surface area contributed by atoms with Gasteiger partial charge in [-0.15, -0.1) is 0 Å². The molecule has 0 aliphatic carbocycles. The summed E-state index contributed by atoms with van der Waals surface area (Å²) in [5, 5.41) is 0.751. The first kappa shape index (κ1) is 28.0. The van der Waals surface area contributed by atoms with Crippen LogP contribution in [0.25, 0.3) is 22.4 Å². The molecule has 1 heterocycles. The number of hydrogen-bond acceptors (Lipinski definition) is 5.